The van der Waals surface area contributed by atoms with E-state index in [1.807, 2.05) is 29.5 Å². The molecule has 0 spiro atoms. The Hall–Kier alpha value is -1.10. The summed E-state index contributed by atoms with van der Waals surface area (Å²) in [5, 5.41) is 0.711. The minimum atomic E-state index is 0.711. The Bertz CT molecular complexity index is 782. The number of imidazole rings is 1. The Labute approximate surface area is 125 Å². The lowest BCUT2D eigenvalue weighted by molar-refractivity contribution is 0.823. The molecule has 0 aliphatic carbocycles. The Balaban J connectivity index is 2.07. The van der Waals surface area contributed by atoms with E-state index in [9.17, 15) is 0 Å². The zero-order valence-electron chi connectivity index (χ0n) is 10.4. The van der Waals surface area contributed by atoms with Crippen molar-refractivity contribution in [3.8, 4) is 0 Å². The number of rotatable bonds is 3. The maximum absolute atomic E-state index is 6.18. The van der Waals surface area contributed by atoms with Crippen LogP contribution in [0.4, 0.5) is 0 Å². The molecule has 3 aromatic rings. The summed E-state index contributed by atoms with van der Waals surface area (Å²) in [6.45, 7) is 2.97. The summed E-state index contributed by atoms with van der Waals surface area (Å²) in [7, 11) is 0. The lowest BCUT2D eigenvalue weighted by atomic mass is 10.3. The number of halogens is 1. The molecular weight excluding hydrogens is 296 g/mol. The van der Waals surface area contributed by atoms with Crippen molar-refractivity contribution in [2.75, 3.05) is 0 Å². The zero-order chi connectivity index (χ0) is 13.4. The summed E-state index contributed by atoms with van der Waals surface area (Å²) in [5.41, 5.74) is 1.98. The van der Waals surface area contributed by atoms with Crippen LogP contribution in [0.25, 0.3) is 11.0 Å². The molecule has 0 saturated heterocycles. The third-order valence-electron chi connectivity index (χ3n) is 3.14. The van der Waals surface area contributed by atoms with Gasteiger partial charge in [-0.2, -0.15) is 0 Å². The maximum Gasteiger partial charge on any atom is 0.178 e. The SMILES string of the molecule is CCc1ccc(Cn2c(=S)[nH]c3c(Cl)cccc32)s1. The second kappa shape index (κ2) is 5.12. The first kappa shape index (κ1) is 12.9. The van der Waals surface area contributed by atoms with Gasteiger partial charge in [-0.25, -0.2) is 0 Å². The van der Waals surface area contributed by atoms with Crippen LogP contribution in [0.15, 0.2) is 30.3 Å². The summed E-state index contributed by atoms with van der Waals surface area (Å²) < 4.78 is 2.82. The number of thiophene rings is 1. The van der Waals surface area contributed by atoms with Crippen molar-refractivity contribution in [3.05, 3.63) is 49.9 Å². The van der Waals surface area contributed by atoms with Gasteiger partial charge in [-0.3, -0.25) is 0 Å². The largest absolute Gasteiger partial charge is 0.329 e. The smallest absolute Gasteiger partial charge is 0.178 e. The van der Waals surface area contributed by atoms with Crippen LogP contribution in [0, 0.1) is 4.77 Å². The molecule has 0 aliphatic rings. The van der Waals surface area contributed by atoms with Gasteiger partial charge in [0.1, 0.15) is 0 Å². The van der Waals surface area contributed by atoms with Gasteiger partial charge in [0.05, 0.1) is 22.6 Å². The fourth-order valence-corrected chi connectivity index (χ4v) is 3.58. The summed E-state index contributed by atoms with van der Waals surface area (Å²) >= 11 is 13.4. The molecule has 2 aromatic heterocycles. The quantitative estimate of drug-likeness (QED) is 0.673. The number of aryl methyl sites for hydroxylation is 1. The number of aromatic amines is 1. The Morgan fingerprint density at radius 2 is 2.05 bits per heavy atom. The summed E-state index contributed by atoms with van der Waals surface area (Å²) in [5.74, 6) is 0. The van der Waals surface area contributed by atoms with E-state index < -0.39 is 0 Å². The average molecular weight is 309 g/mol. The summed E-state index contributed by atoms with van der Waals surface area (Å²) in [6, 6.07) is 10.2. The summed E-state index contributed by atoms with van der Waals surface area (Å²) in [4.78, 5) is 5.90. The first-order chi connectivity index (χ1) is 9.19. The number of H-pyrrole nitrogens is 1. The van der Waals surface area contributed by atoms with E-state index >= 15 is 0 Å². The molecule has 2 heterocycles. The molecule has 98 valence electrons. The number of nitrogens with zero attached hydrogens (tertiary/aromatic N) is 1. The van der Waals surface area contributed by atoms with Crippen molar-refractivity contribution in [3.63, 3.8) is 0 Å². The third-order valence-corrected chi connectivity index (χ3v) is 4.99. The standard InChI is InChI=1S/C14H13ClN2S2/c1-2-9-6-7-10(19-9)8-17-12-5-3-4-11(15)13(12)16-14(17)18/h3-7H,2,8H2,1H3,(H,16,18). The number of hydrogen-bond donors (Lipinski definition) is 1. The molecule has 0 aliphatic heterocycles. The number of nitrogens with one attached hydrogen (secondary N) is 1. The van der Waals surface area contributed by atoms with Crippen LogP contribution < -0.4 is 0 Å². The van der Waals surface area contributed by atoms with Gasteiger partial charge in [0.15, 0.2) is 4.77 Å². The van der Waals surface area contributed by atoms with E-state index in [1.165, 1.54) is 9.75 Å². The second-order valence-corrected chi connectivity index (χ2v) is 6.42. The third kappa shape index (κ3) is 2.36. The molecule has 0 radical (unpaired) electrons. The monoisotopic (exact) mass is 308 g/mol. The first-order valence-corrected chi connectivity index (χ1v) is 7.74. The highest BCUT2D eigenvalue weighted by Crippen LogP contribution is 2.25. The molecule has 0 atom stereocenters. The van der Waals surface area contributed by atoms with Crippen LogP contribution in [0.5, 0.6) is 0 Å². The van der Waals surface area contributed by atoms with Crippen LogP contribution in [0.1, 0.15) is 16.7 Å². The predicted octanol–water partition coefficient (Wildman–Crippen LogP) is 5.02. The molecule has 0 unspecified atom stereocenters. The second-order valence-electron chi connectivity index (χ2n) is 4.37. The Morgan fingerprint density at radius 3 is 2.79 bits per heavy atom. The molecule has 1 N–H and O–H groups in total. The van der Waals surface area contributed by atoms with E-state index in [0.29, 0.717) is 5.02 Å². The van der Waals surface area contributed by atoms with Gasteiger partial charge in [0, 0.05) is 9.75 Å². The van der Waals surface area contributed by atoms with Crippen LogP contribution in [-0.4, -0.2) is 9.55 Å². The van der Waals surface area contributed by atoms with E-state index in [0.717, 1.165) is 28.8 Å². The van der Waals surface area contributed by atoms with E-state index in [-0.39, 0.29) is 0 Å². The highest BCUT2D eigenvalue weighted by Gasteiger charge is 2.08. The molecule has 0 fully saturated rings. The van der Waals surface area contributed by atoms with Crippen molar-refractivity contribution < 1.29 is 0 Å². The van der Waals surface area contributed by atoms with Crippen molar-refractivity contribution >= 4 is 46.2 Å². The molecule has 5 heteroatoms. The topological polar surface area (TPSA) is 20.7 Å². The number of benzene rings is 1. The van der Waals surface area contributed by atoms with Crippen molar-refractivity contribution in [1.29, 1.82) is 0 Å². The molecule has 0 saturated carbocycles. The van der Waals surface area contributed by atoms with E-state index in [2.05, 4.69) is 28.6 Å². The predicted molar refractivity (Wildman–Crippen MR) is 84.9 cm³/mol. The van der Waals surface area contributed by atoms with E-state index in [4.69, 9.17) is 23.8 Å². The first-order valence-electron chi connectivity index (χ1n) is 6.13. The van der Waals surface area contributed by atoms with Gasteiger partial charge >= 0.3 is 0 Å². The average Bonchev–Trinajstić information content (AvgIpc) is 2.97. The molecule has 0 amide bonds. The van der Waals surface area contributed by atoms with Gasteiger partial charge in [0.2, 0.25) is 0 Å². The fourth-order valence-electron chi connectivity index (χ4n) is 2.16. The van der Waals surface area contributed by atoms with Crippen LogP contribution in [0.3, 0.4) is 0 Å². The fraction of sp³-hybridized carbons (Fsp3) is 0.214. The minimum Gasteiger partial charge on any atom is -0.329 e. The minimum absolute atomic E-state index is 0.711. The summed E-state index contributed by atoms with van der Waals surface area (Å²) in [6.07, 6.45) is 1.08. The van der Waals surface area contributed by atoms with Gasteiger partial charge in [0.25, 0.3) is 0 Å². The highest BCUT2D eigenvalue weighted by molar-refractivity contribution is 7.71. The molecule has 1 aromatic carbocycles. The lowest BCUT2D eigenvalue weighted by Gasteiger charge is -2.02. The van der Waals surface area contributed by atoms with E-state index in [1.54, 1.807) is 0 Å². The lowest BCUT2D eigenvalue weighted by Crippen LogP contribution is -1.97. The Kier molecular flexibility index (Phi) is 3.48. The van der Waals surface area contributed by atoms with Crippen LogP contribution >= 0.6 is 35.2 Å². The van der Waals surface area contributed by atoms with Gasteiger partial charge in [-0.15, -0.1) is 11.3 Å². The maximum atomic E-state index is 6.18. The zero-order valence-corrected chi connectivity index (χ0v) is 12.8. The van der Waals surface area contributed by atoms with Crippen molar-refractivity contribution in [1.82, 2.24) is 9.55 Å². The van der Waals surface area contributed by atoms with Gasteiger partial charge in [-0.05, 0) is 42.9 Å². The molecule has 2 nitrogen and oxygen atoms in total. The van der Waals surface area contributed by atoms with Crippen molar-refractivity contribution in [2.45, 2.75) is 19.9 Å². The number of hydrogen-bond acceptors (Lipinski definition) is 2. The van der Waals surface area contributed by atoms with Crippen LogP contribution in [0.2, 0.25) is 5.02 Å². The Morgan fingerprint density at radius 1 is 1.26 bits per heavy atom. The molecule has 19 heavy (non-hydrogen) atoms. The number of para-hydroxylation sites is 1. The number of fused-ring (bicyclic) bond motifs is 1. The molecule has 3 rings (SSSR count). The molecular formula is C14H13ClN2S2. The van der Waals surface area contributed by atoms with Crippen molar-refractivity contribution in [2.24, 2.45) is 0 Å². The van der Waals surface area contributed by atoms with Gasteiger partial charge in [-0.1, -0.05) is 24.6 Å². The number of aromatic nitrogens is 2. The van der Waals surface area contributed by atoms with Gasteiger partial charge < -0.3 is 9.55 Å². The normalized spacial score (nSPS) is 11.3. The highest BCUT2D eigenvalue weighted by atomic mass is 35.5. The van der Waals surface area contributed by atoms with Crippen LogP contribution in [-0.2, 0) is 13.0 Å². The molecule has 0 bridgehead atoms.